The zero-order valence-electron chi connectivity index (χ0n) is 21.6. The van der Waals surface area contributed by atoms with E-state index < -0.39 is 28.9 Å². The Balaban J connectivity index is 4.33. The summed E-state index contributed by atoms with van der Waals surface area (Å²) in [6, 6.07) is 0. The van der Waals surface area contributed by atoms with Crippen molar-refractivity contribution in [3.8, 4) is 0 Å². The van der Waals surface area contributed by atoms with Crippen molar-refractivity contribution < 1.29 is 38.6 Å². The van der Waals surface area contributed by atoms with Gasteiger partial charge in [0, 0.05) is 5.41 Å². The Morgan fingerprint density at radius 1 is 0.548 bits per heavy atom. The van der Waals surface area contributed by atoms with Crippen molar-refractivity contribution in [3.05, 3.63) is 0 Å². The quantitative estimate of drug-likeness (QED) is 0.209. The molecule has 8 nitrogen and oxygen atoms in total. The van der Waals surface area contributed by atoms with Crippen molar-refractivity contribution in [1.29, 1.82) is 0 Å². The van der Waals surface area contributed by atoms with Gasteiger partial charge >= 0.3 is 12.3 Å². The summed E-state index contributed by atoms with van der Waals surface area (Å²) in [5.74, 6) is 0. The summed E-state index contributed by atoms with van der Waals surface area (Å²) in [4.78, 5) is 43.7. The molecule has 0 heterocycles. The Morgan fingerprint density at radius 3 is 1.10 bits per heavy atom. The van der Waals surface area contributed by atoms with E-state index in [1.807, 2.05) is 27.7 Å². The Hall–Kier alpha value is -1.54. The van der Waals surface area contributed by atoms with Gasteiger partial charge in [0.25, 0.3) is 0 Å². The van der Waals surface area contributed by atoms with Crippen LogP contribution in [0.3, 0.4) is 0 Å². The molecule has 184 valence electrons. The highest BCUT2D eigenvalue weighted by Gasteiger charge is 2.31. The van der Waals surface area contributed by atoms with Gasteiger partial charge in [-0.1, -0.05) is 55.4 Å². The molecule has 0 unspecified atom stereocenters. The van der Waals surface area contributed by atoms with Crippen LogP contribution in [0.4, 0.5) is 9.59 Å². The van der Waals surface area contributed by atoms with Crippen LogP contribution in [0.5, 0.6) is 0 Å². The fourth-order valence-electron chi connectivity index (χ4n) is 3.51. The lowest BCUT2D eigenvalue weighted by atomic mass is 9.84. The van der Waals surface area contributed by atoms with Gasteiger partial charge in [-0.3, -0.25) is 9.78 Å². The number of ether oxygens (including phenoxy) is 2. The van der Waals surface area contributed by atoms with E-state index in [1.165, 1.54) is 0 Å². The summed E-state index contributed by atoms with van der Waals surface area (Å²) in [7, 11) is 0. The summed E-state index contributed by atoms with van der Waals surface area (Å²) in [6.07, 6.45) is -0.540. The molecule has 0 rings (SSSR count). The molecule has 0 aromatic rings. The molecule has 0 aromatic carbocycles. The molecule has 0 aliphatic carbocycles. The van der Waals surface area contributed by atoms with E-state index in [0.29, 0.717) is 12.8 Å². The largest absolute Gasteiger partial charge is 0.540 e. The molecule has 0 spiro atoms. The number of rotatable bonds is 10. The maximum Gasteiger partial charge on any atom is 0.540 e. The molecular weight excluding hydrogens is 404 g/mol. The highest BCUT2D eigenvalue weighted by Crippen LogP contribution is 2.30. The SMILES string of the molecule is CC(C)(C)CC(C)(C)OOC(=O)OCC(C)(C)COC(=O)OOC(C)(C)CC(C)(C)C. The Bertz CT molecular complexity index is 529. The van der Waals surface area contributed by atoms with Crippen LogP contribution in [0.15, 0.2) is 0 Å². The number of carbonyl (C=O) groups excluding carboxylic acids is 2. The first kappa shape index (κ1) is 29.5. The lowest BCUT2D eigenvalue weighted by Gasteiger charge is -2.30. The third-order valence-corrected chi connectivity index (χ3v) is 3.74. The highest BCUT2D eigenvalue weighted by atomic mass is 17.2. The van der Waals surface area contributed by atoms with Gasteiger partial charge in [-0.2, -0.15) is 9.78 Å². The summed E-state index contributed by atoms with van der Waals surface area (Å²) in [5.41, 5.74) is -1.95. The number of carbonyl (C=O) groups is 2. The fraction of sp³-hybridized carbons (Fsp3) is 0.913. The topological polar surface area (TPSA) is 89.5 Å². The first-order valence-electron chi connectivity index (χ1n) is 10.7. The highest BCUT2D eigenvalue weighted by molar-refractivity contribution is 5.59. The molecular formula is C23H44O8. The van der Waals surface area contributed by atoms with E-state index in [1.54, 1.807) is 13.8 Å². The summed E-state index contributed by atoms with van der Waals surface area (Å²) in [5, 5.41) is 0. The molecule has 0 atom stereocenters. The second-order valence-electron chi connectivity index (χ2n) is 12.6. The van der Waals surface area contributed by atoms with Crippen LogP contribution in [0.1, 0.15) is 95.9 Å². The predicted molar refractivity (Wildman–Crippen MR) is 117 cm³/mol. The lowest BCUT2D eigenvalue weighted by molar-refractivity contribution is -0.325. The van der Waals surface area contributed by atoms with Crippen LogP contribution in [-0.2, 0) is 29.0 Å². The maximum atomic E-state index is 11.8. The molecule has 0 aliphatic rings. The van der Waals surface area contributed by atoms with Crippen LogP contribution in [-0.4, -0.2) is 36.7 Å². The predicted octanol–water partition coefficient (Wildman–Crippen LogP) is 6.61. The smallest absolute Gasteiger partial charge is 0.432 e. The van der Waals surface area contributed by atoms with E-state index in [0.717, 1.165) is 0 Å². The van der Waals surface area contributed by atoms with E-state index in [9.17, 15) is 9.59 Å². The van der Waals surface area contributed by atoms with Gasteiger partial charge in [0.15, 0.2) is 0 Å². The minimum atomic E-state index is -0.954. The Morgan fingerprint density at radius 2 is 0.839 bits per heavy atom. The average Bonchev–Trinajstić information content (AvgIpc) is 2.50. The molecule has 0 aliphatic heterocycles. The number of hydrogen-bond acceptors (Lipinski definition) is 8. The van der Waals surface area contributed by atoms with Crippen LogP contribution in [0.25, 0.3) is 0 Å². The first-order valence-corrected chi connectivity index (χ1v) is 10.7. The van der Waals surface area contributed by atoms with Crippen LogP contribution in [0, 0.1) is 16.2 Å². The molecule has 0 radical (unpaired) electrons. The minimum absolute atomic E-state index is 0.0103. The first-order chi connectivity index (χ1) is 13.6. The van der Waals surface area contributed by atoms with Crippen molar-refractivity contribution in [1.82, 2.24) is 0 Å². The lowest BCUT2D eigenvalue weighted by Crippen LogP contribution is -2.33. The Kier molecular flexibility index (Phi) is 10.3. The van der Waals surface area contributed by atoms with Crippen LogP contribution in [0.2, 0.25) is 0 Å². The second kappa shape index (κ2) is 10.9. The van der Waals surface area contributed by atoms with Crippen molar-refractivity contribution in [2.75, 3.05) is 13.2 Å². The zero-order valence-corrected chi connectivity index (χ0v) is 21.6. The van der Waals surface area contributed by atoms with Gasteiger partial charge in [-0.05, 0) is 51.4 Å². The monoisotopic (exact) mass is 448 g/mol. The summed E-state index contributed by atoms with van der Waals surface area (Å²) < 4.78 is 10.2. The molecule has 0 aromatic heterocycles. The van der Waals surface area contributed by atoms with Crippen molar-refractivity contribution in [3.63, 3.8) is 0 Å². The minimum Gasteiger partial charge on any atom is -0.432 e. The van der Waals surface area contributed by atoms with E-state index in [2.05, 4.69) is 41.5 Å². The number of hydrogen-bond donors (Lipinski definition) is 0. The third-order valence-electron chi connectivity index (χ3n) is 3.74. The fourth-order valence-corrected chi connectivity index (χ4v) is 3.51. The van der Waals surface area contributed by atoms with Gasteiger partial charge in [-0.25, -0.2) is 9.59 Å². The molecule has 0 saturated carbocycles. The molecule has 0 bridgehead atoms. The van der Waals surface area contributed by atoms with Gasteiger partial charge < -0.3 is 9.47 Å². The van der Waals surface area contributed by atoms with E-state index in [-0.39, 0.29) is 24.0 Å². The zero-order chi connectivity index (χ0) is 24.7. The molecule has 0 N–H and O–H groups in total. The van der Waals surface area contributed by atoms with Crippen molar-refractivity contribution >= 4 is 12.3 Å². The van der Waals surface area contributed by atoms with Gasteiger partial charge in [0.05, 0.1) is 0 Å². The molecule has 8 heteroatoms. The van der Waals surface area contributed by atoms with Gasteiger partial charge in [-0.15, -0.1) is 0 Å². The molecule has 0 saturated heterocycles. The van der Waals surface area contributed by atoms with Crippen molar-refractivity contribution in [2.24, 2.45) is 16.2 Å². The van der Waals surface area contributed by atoms with Crippen molar-refractivity contribution in [2.45, 2.75) is 107 Å². The second-order valence-corrected chi connectivity index (χ2v) is 12.6. The third kappa shape index (κ3) is 16.8. The van der Waals surface area contributed by atoms with E-state index in [4.69, 9.17) is 29.0 Å². The Labute approximate surface area is 188 Å². The summed E-state index contributed by atoms with van der Waals surface area (Å²) >= 11 is 0. The standard InChI is InChI=1S/C23H44O8/c1-19(2,3)13-22(9,10)30-28-17(24)26-15-21(7,8)16-27-18(25)29-31-23(11,12)14-20(4,5)6/h13-16H2,1-12H3. The molecule has 0 amide bonds. The maximum absolute atomic E-state index is 11.8. The summed E-state index contributed by atoms with van der Waals surface area (Å²) in [6.45, 7) is 23.2. The molecule has 0 fully saturated rings. The normalized spacial score (nSPS) is 13.5. The van der Waals surface area contributed by atoms with Gasteiger partial charge in [0.2, 0.25) is 0 Å². The van der Waals surface area contributed by atoms with Crippen LogP contribution < -0.4 is 0 Å². The van der Waals surface area contributed by atoms with Crippen LogP contribution >= 0.6 is 0 Å². The molecule has 31 heavy (non-hydrogen) atoms. The van der Waals surface area contributed by atoms with Gasteiger partial charge in [0.1, 0.15) is 24.4 Å². The average molecular weight is 449 g/mol. The van der Waals surface area contributed by atoms with E-state index >= 15 is 0 Å².